The predicted octanol–water partition coefficient (Wildman–Crippen LogP) is 4.37. The number of halogens is 13. The van der Waals surface area contributed by atoms with E-state index in [9.17, 15) is 57.1 Å². The summed E-state index contributed by atoms with van der Waals surface area (Å²) in [6.45, 7) is 7.82. The van der Waals surface area contributed by atoms with Crippen molar-refractivity contribution in [2.75, 3.05) is 218 Å². The van der Waals surface area contributed by atoms with E-state index < -0.39 is 55.4 Å². The molecule has 0 radical (unpaired) electrons. The van der Waals surface area contributed by atoms with Crippen LogP contribution in [0, 0.1) is 0 Å². The molecular formula is C40H69F13O17. The van der Waals surface area contributed by atoms with Crippen LogP contribution in [-0.4, -0.2) is 259 Å². The van der Waals surface area contributed by atoms with Crippen LogP contribution in [0.4, 0.5) is 57.1 Å². The summed E-state index contributed by atoms with van der Waals surface area (Å²) in [4.78, 5) is 0. The van der Waals surface area contributed by atoms with Gasteiger partial charge in [0, 0.05) is 6.42 Å². The molecule has 0 amide bonds. The van der Waals surface area contributed by atoms with Gasteiger partial charge in [0.15, 0.2) is 0 Å². The molecule has 0 atom stereocenters. The van der Waals surface area contributed by atoms with Crippen molar-refractivity contribution in [3.63, 3.8) is 0 Å². The second-order valence-corrected chi connectivity index (χ2v) is 13.8. The number of aliphatic hydroxyl groups excluding tert-OH is 1. The third kappa shape index (κ3) is 31.2. The van der Waals surface area contributed by atoms with Gasteiger partial charge < -0.3 is 80.9 Å². The SMILES string of the molecule is OCCOCCOCCOCCOCCOCCOCCOCCOCCOCCOCCOCCOCCOCCOCCOCCOCCC(F)(F)C(F)(F)C(F)(F)C(F)(F)C(F)(F)C(F)(F)F. The van der Waals surface area contributed by atoms with Gasteiger partial charge >= 0.3 is 35.8 Å². The molecule has 70 heavy (non-hydrogen) atoms. The van der Waals surface area contributed by atoms with Crippen molar-refractivity contribution in [1.29, 1.82) is 0 Å². The highest BCUT2D eigenvalue weighted by Crippen LogP contribution is 2.60. The van der Waals surface area contributed by atoms with Crippen LogP contribution in [0.1, 0.15) is 6.42 Å². The van der Waals surface area contributed by atoms with E-state index in [0.717, 1.165) is 0 Å². The molecule has 0 bridgehead atoms. The molecular weight excluding hydrogens is 999 g/mol. The van der Waals surface area contributed by atoms with Crippen LogP contribution in [0.3, 0.4) is 0 Å². The normalized spacial score (nSPS) is 13.3. The van der Waals surface area contributed by atoms with Gasteiger partial charge in [-0.15, -0.1) is 0 Å². The topological polar surface area (TPSA) is 168 Å². The maximum Gasteiger partial charge on any atom is 0.460 e. The Labute approximate surface area is 398 Å². The minimum atomic E-state index is -7.93. The van der Waals surface area contributed by atoms with E-state index >= 15 is 0 Å². The fourth-order valence-corrected chi connectivity index (χ4v) is 4.62. The molecule has 0 unspecified atom stereocenters. The number of aliphatic hydroxyl groups is 1. The van der Waals surface area contributed by atoms with E-state index in [1.165, 1.54) is 0 Å². The van der Waals surface area contributed by atoms with Crippen molar-refractivity contribution in [1.82, 2.24) is 0 Å². The summed E-state index contributed by atoms with van der Waals surface area (Å²) < 4.78 is 255. The monoisotopic (exact) mass is 1070 g/mol. The largest absolute Gasteiger partial charge is 0.460 e. The molecule has 0 saturated carbocycles. The van der Waals surface area contributed by atoms with E-state index in [0.29, 0.717) is 152 Å². The third-order valence-corrected chi connectivity index (χ3v) is 8.37. The van der Waals surface area contributed by atoms with Gasteiger partial charge in [0.05, 0.1) is 218 Å². The molecule has 0 aliphatic heterocycles. The Morgan fingerprint density at radius 2 is 0.357 bits per heavy atom. The minimum absolute atomic E-state index is 0.00489. The lowest BCUT2D eigenvalue weighted by Gasteiger charge is -2.39. The predicted molar refractivity (Wildman–Crippen MR) is 216 cm³/mol. The average Bonchev–Trinajstić information content (AvgIpc) is 3.30. The first kappa shape index (κ1) is 68.4. The highest BCUT2D eigenvalue weighted by molar-refractivity contribution is 5.10. The smallest absolute Gasteiger partial charge is 0.394 e. The maximum atomic E-state index is 13.7. The van der Waals surface area contributed by atoms with Gasteiger partial charge in [-0.05, 0) is 0 Å². The Morgan fingerprint density at radius 3 is 0.529 bits per heavy atom. The van der Waals surface area contributed by atoms with E-state index in [-0.39, 0.29) is 52.9 Å². The molecule has 0 rings (SSSR count). The van der Waals surface area contributed by atoms with Crippen molar-refractivity contribution in [3.05, 3.63) is 0 Å². The Bertz CT molecular complexity index is 1170. The molecule has 0 aliphatic carbocycles. The molecule has 0 spiro atoms. The van der Waals surface area contributed by atoms with E-state index in [4.69, 9.17) is 76.2 Å². The molecule has 0 aromatic rings. The lowest BCUT2D eigenvalue weighted by molar-refractivity contribution is -0.440. The molecule has 30 heteroatoms. The second kappa shape index (κ2) is 41.7. The Morgan fingerprint density at radius 1 is 0.200 bits per heavy atom. The first-order valence-electron chi connectivity index (χ1n) is 22.1. The van der Waals surface area contributed by atoms with Crippen molar-refractivity contribution in [2.24, 2.45) is 0 Å². The quantitative estimate of drug-likeness (QED) is 0.0673. The Kier molecular flexibility index (Phi) is 40.8. The zero-order chi connectivity index (χ0) is 52.4. The summed E-state index contributed by atoms with van der Waals surface area (Å²) in [6.07, 6.45) is -9.89. The van der Waals surface area contributed by atoms with Crippen LogP contribution in [0.5, 0.6) is 0 Å². The fourth-order valence-electron chi connectivity index (χ4n) is 4.62. The summed E-state index contributed by atoms with van der Waals surface area (Å²) in [7, 11) is 0. The van der Waals surface area contributed by atoms with Crippen molar-refractivity contribution in [2.45, 2.75) is 42.2 Å². The van der Waals surface area contributed by atoms with Crippen LogP contribution < -0.4 is 0 Å². The zero-order valence-electron chi connectivity index (χ0n) is 38.9. The maximum absolute atomic E-state index is 13.7. The van der Waals surface area contributed by atoms with Gasteiger partial charge in [-0.1, -0.05) is 0 Å². The van der Waals surface area contributed by atoms with Crippen LogP contribution >= 0.6 is 0 Å². The summed E-state index contributed by atoms with van der Waals surface area (Å²) in [5.41, 5.74) is 0. The number of hydrogen-bond donors (Lipinski definition) is 1. The molecule has 0 aliphatic rings. The van der Waals surface area contributed by atoms with Crippen LogP contribution in [0.2, 0.25) is 0 Å². The van der Waals surface area contributed by atoms with E-state index in [1.807, 2.05) is 0 Å². The van der Waals surface area contributed by atoms with Gasteiger partial charge in [-0.25, -0.2) is 0 Å². The van der Waals surface area contributed by atoms with Crippen molar-refractivity contribution >= 4 is 0 Å². The Balaban J connectivity index is 3.41. The molecule has 0 heterocycles. The van der Waals surface area contributed by atoms with Crippen molar-refractivity contribution in [3.8, 4) is 0 Å². The fraction of sp³-hybridized carbons (Fsp3) is 1.00. The summed E-state index contributed by atoms with van der Waals surface area (Å²) in [5.74, 6) is -37.0. The zero-order valence-corrected chi connectivity index (χ0v) is 38.9. The Hall–Kier alpha value is -1.59. The minimum Gasteiger partial charge on any atom is -0.394 e. The van der Waals surface area contributed by atoms with Gasteiger partial charge in [-0.2, -0.15) is 57.1 Å². The molecule has 0 aromatic heterocycles. The summed E-state index contributed by atoms with van der Waals surface area (Å²) in [5, 5.41) is 8.59. The van der Waals surface area contributed by atoms with E-state index in [2.05, 4.69) is 4.74 Å². The molecule has 0 saturated heterocycles. The summed E-state index contributed by atoms with van der Waals surface area (Å²) in [6, 6.07) is 0. The lowest BCUT2D eigenvalue weighted by atomic mass is 9.93. The first-order chi connectivity index (χ1) is 33.3. The highest BCUT2D eigenvalue weighted by atomic mass is 19.4. The first-order valence-corrected chi connectivity index (χ1v) is 22.1. The number of hydrogen-bond acceptors (Lipinski definition) is 17. The highest BCUT2D eigenvalue weighted by Gasteiger charge is 2.90. The third-order valence-electron chi connectivity index (χ3n) is 8.37. The molecule has 422 valence electrons. The lowest BCUT2D eigenvalue weighted by Crippen LogP contribution is -2.70. The van der Waals surface area contributed by atoms with Gasteiger partial charge in [0.2, 0.25) is 0 Å². The molecule has 1 N–H and O–H groups in total. The number of rotatable bonds is 54. The van der Waals surface area contributed by atoms with E-state index in [1.54, 1.807) is 0 Å². The van der Waals surface area contributed by atoms with Gasteiger partial charge in [0.25, 0.3) is 0 Å². The number of ether oxygens (including phenoxy) is 16. The average molecular weight is 1070 g/mol. The van der Waals surface area contributed by atoms with Gasteiger partial charge in [-0.3, -0.25) is 0 Å². The summed E-state index contributed by atoms with van der Waals surface area (Å²) >= 11 is 0. The second-order valence-electron chi connectivity index (χ2n) is 13.8. The van der Waals surface area contributed by atoms with Crippen LogP contribution in [-0.2, 0) is 75.8 Å². The molecule has 0 aromatic carbocycles. The molecule has 17 nitrogen and oxygen atoms in total. The van der Waals surface area contributed by atoms with Crippen LogP contribution in [0.15, 0.2) is 0 Å². The van der Waals surface area contributed by atoms with Gasteiger partial charge in [0.1, 0.15) is 0 Å². The van der Waals surface area contributed by atoms with Crippen LogP contribution in [0.25, 0.3) is 0 Å². The standard InChI is InChI=1S/C40H69F13O17/c41-35(42,36(43,44)37(45,46)38(47,48)39(49,50)40(51,52)53)1-3-55-5-7-57-9-11-59-13-15-61-17-19-63-21-23-65-25-27-67-29-31-69-33-34-70-32-30-68-28-26-66-24-22-64-20-18-62-16-14-60-12-10-58-8-6-56-4-2-54/h54H,1-34H2. The molecule has 0 fully saturated rings. The number of alkyl halides is 13. The van der Waals surface area contributed by atoms with Crippen molar-refractivity contribution < 1.29 is 138 Å².